The SMILES string of the molecule is CC(=O)OC[C@H]1O[C@H](CC(=O)C[C@H](NC(=O)OC(C)(C)C)C(=O)OC(C)(C)C)CC[C@H]1OC(C)=O. The summed E-state index contributed by atoms with van der Waals surface area (Å²) in [5, 5.41) is 2.42. The lowest BCUT2D eigenvalue weighted by Crippen LogP contribution is -2.48. The van der Waals surface area contributed by atoms with E-state index in [4.69, 9.17) is 23.7 Å². The molecule has 0 bridgehead atoms. The van der Waals surface area contributed by atoms with Gasteiger partial charge in [0.15, 0.2) is 0 Å². The molecule has 0 aliphatic carbocycles. The third kappa shape index (κ3) is 13.1. The Balaban J connectivity index is 2.84. The maximum Gasteiger partial charge on any atom is 0.408 e. The highest BCUT2D eigenvalue weighted by Gasteiger charge is 2.36. The number of hydrogen-bond donors (Lipinski definition) is 1. The first-order valence-corrected chi connectivity index (χ1v) is 11.7. The van der Waals surface area contributed by atoms with Crippen LogP contribution in [0.2, 0.25) is 0 Å². The molecule has 4 atom stereocenters. The fourth-order valence-corrected chi connectivity index (χ4v) is 3.36. The average molecular weight is 502 g/mol. The van der Waals surface area contributed by atoms with E-state index < -0.39 is 59.6 Å². The Morgan fingerprint density at radius 1 is 0.914 bits per heavy atom. The van der Waals surface area contributed by atoms with E-state index in [1.54, 1.807) is 41.5 Å². The van der Waals surface area contributed by atoms with Crippen molar-refractivity contribution in [2.24, 2.45) is 0 Å². The van der Waals surface area contributed by atoms with Crippen molar-refractivity contribution in [3.63, 3.8) is 0 Å². The predicted molar refractivity (Wildman–Crippen MR) is 123 cm³/mol. The minimum Gasteiger partial charge on any atom is -0.463 e. The van der Waals surface area contributed by atoms with Crippen LogP contribution in [0.1, 0.15) is 81.1 Å². The van der Waals surface area contributed by atoms with Gasteiger partial charge in [-0.3, -0.25) is 14.4 Å². The molecule has 0 aromatic carbocycles. The third-order valence-corrected chi connectivity index (χ3v) is 4.59. The van der Waals surface area contributed by atoms with Crippen molar-refractivity contribution in [2.75, 3.05) is 6.61 Å². The van der Waals surface area contributed by atoms with E-state index in [1.807, 2.05) is 0 Å². The van der Waals surface area contributed by atoms with Crippen LogP contribution in [0.4, 0.5) is 4.79 Å². The largest absolute Gasteiger partial charge is 0.463 e. The van der Waals surface area contributed by atoms with Crippen LogP contribution in [0.25, 0.3) is 0 Å². The lowest BCUT2D eigenvalue weighted by Gasteiger charge is -2.35. The van der Waals surface area contributed by atoms with Gasteiger partial charge in [0.05, 0.1) is 6.10 Å². The van der Waals surface area contributed by atoms with E-state index >= 15 is 0 Å². The van der Waals surface area contributed by atoms with Gasteiger partial charge in [-0.15, -0.1) is 0 Å². The van der Waals surface area contributed by atoms with Gasteiger partial charge >= 0.3 is 24.0 Å². The van der Waals surface area contributed by atoms with Crippen LogP contribution in [-0.4, -0.2) is 71.9 Å². The van der Waals surface area contributed by atoms with Crippen molar-refractivity contribution < 1.29 is 47.7 Å². The molecule has 0 radical (unpaired) electrons. The Bertz CT molecular complexity index is 780. The Morgan fingerprint density at radius 2 is 1.51 bits per heavy atom. The van der Waals surface area contributed by atoms with Crippen molar-refractivity contribution in [2.45, 2.75) is 117 Å². The smallest absolute Gasteiger partial charge is 0.408 e. The first-order valence-electron chi connectivity index (χ1n) is 11.7. The summed E-state index contributed by atoms with van der Waals surface area (Å²) in [6.45, 7) is 12.5. The number of esters is 3. The molecule has 1 heterocycles. The summed E-state index contributed by atoms with van der Waals surface area (Å²) in [5.74, 6) is -2.11. The van der Waals surface area contributed by atoms with Gasteiger partial charge in [-0.1, -0.05) is 0 Å². The first kappa shape index (κ1) is 30.3. The number of amides is 1. The maximum absolute atomic E-state index is 12.8. The van der Waals surface area contributed by atoms with Gasteiger partial charge in [-0.2, -0.15) is 0 Å². The van der Waals surface area contributed by atoms with Crippen molar-refractivity contribution in [1.29, 1.82) is 0 Å². The molecule has 200 valence electrons. The minimum absolute atomic E-state index is 0.0569. The molecule has 0 aromatic rings. The second-order valence-corrected chi connectivity index (χ2v) is 10.5. The topological polar surface area (TPSA) is 144 Å². The Kier molecular flexibility index (Phi) is 11.1. The molecule has 1 amide bonds. The summed E-state index contributed by atoms with van der Waals surface area (Å²) in [5.41, 5.74) is -1.62. The second-order valence-electron chi connectivity index (χ2n) is 10.5. The fourth-order valence-electron chi connectivity index (χ4n) is 3.36. The minimum atomic E-state index is -1.24. The summed E-state index contributed by atoms with van der Waals surface area (Å²) in [7, 11) is 0. The number of ether oxygens (including phenoxy) is 5. The maximum atomic E-state index is 12.8. The lowest BCUT2D eigenvalue weighted by atomic mass is 9.96. The second kappa shape index (κ2) is 12.9. The van der Waals surface area contributed by atoms with Crippen molar-refractivity contribution >= 4 is 29.8 Å². The summed E-state index contributed by atoms with van der Waals surface area (Å²) in [6.07, 6.45) is -2.28. The number of ketones is 1. The van der Waals surface area contributed by atoms with E-state index in [1.165, 1.54) is 13.8 Å². The summed E-state index contributed by atoms with van der Waals surface area (Å²) in [4.78, 5) is 60.3. The Labute approximate surface area is 206 Å². The zero-order chi connectivity index (χ0) is 27.0. The number of carbonyl (C=O) groups excluding carboxylic acids is 5. The van der Waals surface area contributed by atoms with Gasteiger partial charge in [0, 0.05) is 26.7 Å². The first-order chi connectivity index (χ1) is 15.9. The van der Waals surface area contributed by atoms with Gasteiger partial charge < -0.3 is 29.0 Å². The molecule has 35 heavy (non-hydrogen) atoms. The predicted octanol–water partition coefficient (Wildman–Crippen LogP) is 2.61. The molecule has 11 nitrogen and oxygen atoms in total. The van der Waals surface area contributed by atoms with Gasteiger partial charge in [0.2, 0.25) is 0 Å². The van der Waals surface area contributed by atoms with E-state index in [2.05, 4.69) is 5.32 Å². The third-order valence-electron chi connectivity index (χ3n) is 4.59. The molecule has 1 aliphatic heterocycles. The van der Waals surface area contributed by atoms with Crippen LogP contribution in [0.15, 0.2) is 0 Å². The van der Waals surface area contributed by atoms with E-state index in [0.717, 1.165) is 0 Å². The van der Waals surface area contributed by atoms with Gasteiger partial charge in [0.25, 0.3) is 0 Å². The molecule has 0 saturated carbocycles. The molecule has 1 fully saturated rings. The number of carbonyl (C=O) groups is 5. The number of alkyl carbamates (subject to hydrolysis) is 1. The molecule has 1 aliphatic rings. The van der Waals surface area contributed by atoms with E-state index in [-0.39, 0.29) is 25.2 Å². The van der Waals surface area contributed by atoms with Crippen LogP contribution in [0.5, 0.6) is 0 Å². The quantitative estimate of drug-likeness (QED) is 0.370. The van der Waals surface area contributed by atoms with Crippen molar-refractivity contribution in [1.82, 2.24) is 5.32 Å². The number of nitrogens with one attached hydrogen (secondary N) is 1. The van der Waals surface area contributed by atoms with Gasteiger partial charge in [0.1, 0.15) is 41.8 Å². The molecule has 11 heteroatoms. The molecule has 0 spiro atoms. The molecular weight excluding hydrogens is 462 g/mol. The van der Waals surface area contributed by atoms with E-state index in [0.29, 0.717) is 12.8 Å². The number of hydrogen-bond acceptors (Lipinski definition) is 10. The zero-order valence-electron chi connectivity index (χ0n) is 21.9. The monoisotopic (exact) mass is 501 g/mol. The summed E-state index contributed by atoms with van der Waals surface area (Å²) < 4.78 is 26.7. The van der Waals surface area contributed by atoms with Crippen molar-refractivity contribution in [3.8, 4) is 0 Å². The van der Waals surface area contributed by atoms with Crippen LogP contribution in [-0.2, 0) is 42.9 Å². The van der Waals surface area contributed by atoms with Crippen LogP contribution >= 0.6 is 0 Å². The van der Waals surface area contributed by atoms with Gasteiger partial charge in [-0.05, 0) is 54.4 Å². The Hall–Kier alpha value is -2.69. The summed E-state index contributed by atoms with van der Waals surface area (Å²) in [6, 6.07) is -1.24. The summed E-state index contributed by atoms with van der Waals surface area (Å²) >= 11 is 0. The van der Waals surface area contributed by atoms with Crippen LogP contribution < -0.4 is 5.32 Å². The number of Topliss-reactive ketones (excluding diaryl/α,β-unsaturated/α-hetero) is 1. The lowest BCUT2D eigenvalue weighted by molar-refractivity contribution is -0.182. The molecule has 1 N–H and O–H groups in total. The highest BCUT2D eigenvalue weighted by Crippen LogP contribution is 2.26. The molecular formula is C24H39NO10. The number of rotatable bonds is 9. The van der Waals surface area contributed by atoms with Gasteiger partial charge in [-0.25, -0.2) is 9.59 Å². The standard InChI is InChI=1S/C24H39NO10/c1-14(26)31-13-20-19(32-15(2)27)10-9-17(33-20)11-16(28)12-18(21(29)34-23(3,4)5)25-22(30)35-24(6,7)8/h17-20H,9-13H2,1-8H3,(H,25,30)/t17-,18-,19+,20+/m0/s1. The zero-order valence-corrected chi connectivity index (χ0v) is 21.9. The Morgan fingerprint density at radius 3 is 2.03 bits per heavy atom. The highest BCUT2D eigenvalue weighted by molar-refractivity contribution is 5.89. The molecule has 0 unspecified atom stereocenters. The van der Waals surface area contributed by atoms with Crippen molar-refractivity contribution in [3.05, 3.63) is 0 Å². The van der Waals surface area contributed by atoms with Crippen LogP contribution in [0, 0.1) is 0 Å². The molecule has 1 rings (SSSR count). The normalized spacial score (nSPS) is 21.3. The molecule has 0 aromatic heterocycles. The average Bonchev–Trinajstić information content (AvgIpc) is 2.64. The highest BCUT2D eigenvalue weighted by atomic mass is 16.6. The van der Waals surface area contributed by atoms with Crippen LogP contribution in [0.3, 0.4) is 0 Å². The fraction of sp³-hybridized carbons (Fsp3) is 0.792. The molecule has 1 saturated heterocycles. The van der Waals surface area contributed by atoms with E-state index in [9.17, 15) is 24.0 Å².